The number of hydrogen-bond donors (Lipinski definition) is 1. The van der Waals surface area contributed by atoms with E-state index in [4.69, 9.17) is 10.5 Å². The predicted octanol–water partition coefficient (Wildman–Crippen LogP) is 2.96. The van der Waals surface area contributed by atoms with E-state index in [1.165, 1.54) is 25.7 Å². The molecule has 1 saturated carbocycles. The van der Waals surface area contributed by atoms with E-state index in [0.29, 0.717) is 18.1 Å². The molecule has 0 spiro atoms. The van der Waals surface area contributed by atoms with Gasteiger partial charge < -0.3 is 10.5 Å². The van der Waals surface area contributed by atoms with Crippen LogP contribution >= 0.6 is 0 Å². The Bertz CT molecular complexity index is 177. The summed E-state index contributed by atoms with van der Waals surface area (Å²) in [4.78, 5) is 0. The minimum atomic E-state index is 0.223. The highest BCUT2D eigenvalue weighted by Crippen LogP contribution is 2.38. The van der Waals surface area contributed by atoms with Gasteiger partial charge in [-0.2, -0.15) is 0 Å². The van der Waals surface area contributed by atoms with Gasteiger partial charge in [-0.15, -0.1) is 0 Å². The molecular weight excluding hydrogens is 186 g/mol. The first kappa shape index (κ1) is 13.0. The minimum Gasteiger partial charge on any atom is -0.374 e. The standard InChI is InChI=1S/C13H27NO/c1-10(9-14)15-12-7-5-11(6-8-12)13(2,3)4/h10-12H,5-9,14H2,1-4H3. The molecule has 2 N–H and O–H groups in total. The van der Waals surface area contributed by atoms with Gasteiger partial charge in [0.1, 0.15) is 0 Å². The van der Waals surface area contributed by atoms with Crippen LogP contribution in [0.4, 0.5) is 0 Å². The molecule has 0 aromatic heterocycles. The number of rotatable bonds is 3. The van der Waals surface area contributed by atoms with Gasteiger partial charge in [0.15, 0.2) is 0 Å². The van der Waals surface area contributed by atoms with Crippen molar-refractivity contribution in [2.24, 2.45) is 17.1 Å². The Morgan fingerprint density at radius 3 is 2.13 bits per heavy atom. The first-order valence-electron chi connectivity index (χ1n) is 6.29. The molecule has 0 heterocycles. The van der Waals surface area contributed by atoms with Crippen LogP contribution in [0.2, 0.25) is 0 Å². The van der Waals surface area contributed by atoms with Crippen molar-refractivity contribution in [3.63, 3.8) is 0 Å². The molecule has 0 radical (unpaired) electrons. The molecule has 1 aliphatic carbocycles. The zero-order valence-electron chi connectivity index (χ0n) is 10.8. The van der Waals surface area contributed by atoms with E-state index in [2.05, 4.69) is 27.7 Å². The predicted molar refractivity (Wildman–Crippen MR) is 64.8 cm³/mol. The van der Waals surface area contributed by atoms with Crippen LogP contribution in [0.25, 0.3) is 0 Å². The van der Waals surface area contributed by atoms with Crippen molar-refractivity contribution >= 4 is 0 Å². The quantitative estimate of drug-likeness (QED) is 0.782. The van der Waals surface area contributed by atoms with Gasteiger partial charge in [0, 0.05) is 6.54 Å². The van der Waals surface area contributed by atoms with Crippen LogP contribution in [-0.2, 0) is 4.74 Å². The molecule has 1 atom stereocenters. The number of hydrogen-bond acceptors (Lipinski definition) is 2. The largest absolute Gasteiger partial charge is 0.374 e. The van der Waals surface area contributed by atoms with Crippen LogP contribution in [0.5, 0.6) is 0 Å². The fraction of sp³-hybridized carbons (Fsp3) is 1.00. The molecule has 0 amide bonds. The summed E-state index contributed by atoms with van der Waals surface area (Å²) in [6.07, 6.45) is 5.73. The van der Waals surface area contributed by atoms with E-state index in [1.54, 1.807) is 0 Å². The molecule has 15 heavy (non-hydrogen) atoms. The van der Waals surface area contributed by atoms with Crippen molar-refractivity contribution < 1.29 is 4.74 Å². The minimum absolute atomic E-state index is 0.223. The van der Waals surface area contributed by atoms with Crippen molar-refractivity contribution in [1.29, 1.82) is 0 Å². The average molecular weight is 213 g/mol. The summed E-state index contributed by atoms with van der Waals surface area (Å²) in [5.74, 6) is 0.866. The molecule has 1 aliphatic rings. The highest BCUT2D eigenvalue weighted by atomic mass is 16.5. The van der Waals surface area contributed by atoms with Gasteiger partial charge in [0.05, 0.1) is 12.2 Å². The van der Waals surface area contributed by atoms with Crippen molar-refractivity contribution in [1.82, 2.24) is 0 Å². The molecule has 0 aliphatic heterocycles. The Kier molecular flexibility index (Phi) is 4.60. The first-order chi connectivity index (χ1) is 6.93. The molecular formula is C13H27NO. The lowest BCUT2D eigenvalue weighted by atomic mass is 9.72. The lowest BCUT2D eigenvalue weighted by molar-refractivity contribution is -0.0329. The maximum Gasteiger partial charge on any atom is 0.0672 e. The van der Waals surface area contributed by atoms with Gasteiger partial charge in [0.2, 0.25) is 0 Å². The van der Waals surface area contributed by atoms with Crippen molar-refractivity contribution in [3.8, 4) is 0 Å². The molecule has 0 aromatic rings. The lowest BCUT2D eigenvalue weighted by Gasteiger charge is -2.37. The van der Waals surface area contributed by atoms with Gasteiger partial charge in [-0.1, -0.05) is 20.8 Å². The third-order valence-electron chi connectivity index (χ3n) is 3.66. The van der Waals surface area contributed by atoms with Gasteiger partial charge in [-0.25, -0.2) is 0 Å². The molecule has 2 heteroatoms. The second kappa shape index (κ2) is 5.31. The van der Waals surface area contributed by atoms with Gasteiger partial charge in [-0.3, -0.25) is 0 Å². The van der Waals surface area contributed by atoms with E-state index >= 15 is 0 Å². The van der Waals surface area contributed by atoms with Crippen LogP contribution in [0, 0.1) is 11.3 Å². The second-order valence-electron chi connectivity index (χ2n) is 6.02. The summed E-state index contributed by atoms with van der Waals surface area (Å²) in [5, 5.41) is 0. The van der Waals surface area contributed by atoms with Crippen LogP contribution in [-0.4, -0.2) is 18.8 Å². The smallest absolute Gasteiger partial charge is 0.0672 e. The summed E-state index contributed by atoms with van der Waals surface area (Å²) in [5.41, 5.74) is 6.02. The highest BCUT2D eigenvalue weighted by molar-refractivity contribution is 4.81. The second-order valence-corrected chi connectivity index (χ2v) is 6.02. The first-order valence-corrected chi connectivity index (χ1v) is 6.29. The molecule has 2 nitrogen and oxygen atoms in total. The van der Waals surface area contributed by atoms with Crippen LogP contribution in [0.3, 0.4) is 0 Å². The molecule has 0 bridgehead atoms. The van der Waals surface area contributed by atoms with E-state index in [0.717, 1.165) is 5.92 Å². The zero-order valence-corrected chi connectivity index (χ0v) is 10.8. The maximum absolute atomic E-state index is 5.88. The SMILES string of the molecule is CC(CN)OC1CCC(C(C)(C)C)CC1. The van der Waals surface area contributed by atoms with Gasteiger partial charge in [-0.05, 0) is 43.9 Å². The number of nitrogens with two attached hydrogens (primary N) is 1. The normalized spacial score (nSPS) is 30.2. The number of ether oxygens (including phenoxy) is 1. The third-order valence-corrected chi connectivity index (χ3v) is 3.66. The summed E-state index contributed by atoms with van der Waals surface area (Å²) in [6, 6.07) is 0. The fourth-order valence-corrected chi connectivity index (χ4v) is 2.45. The van der Waals surface area contributed by atoms with Crippen molar-refractivity contribution in [2.45, 2.75) is 65.6 Å². The summed E-state index contributed by atoms with van der Waals surface area (Å²) >= 11 is 0. The molecule has 0 saturated heterocycles. The Hall–Kier alpha value is -0.0800. The van der Waals surface area contributed by atoms with Gasteiger partial charge >= 0.3 is 0 Å². The van der Waals surface area contributed by atoms with Crippen molar-refractivity contribution in [2.75, 3.05) is 6.54 Å². The molecule has 1 rings (SSSR count). The molecule has 90 valence electrons. The van der Waals surface area contributed by atoms with Gasteiger partial charge in [0.25, 0.3) is 0 Å². The van der Waals surface area contributed by atoms with E-state index < -0.39 is 0 Å². The molecule has 0 aromatic carbocycles. The van der Waals surface area contributed by atoms with E-state index in [1.807, 2.05) is 0 Å². The van der Waals surface area contributed by atoms with Crippen LogP contribution in [0.1, 0.15) is 53.4 Å². The average Bonchev–Trinajstić information content (AvgIpc) is 2.17. The Morgan fingerprint density at radius 1 is 1.20 bits per heavy atom. The van der Waals surface area contributed by atoms with Crippen molar-refractivity contribution in [3.05, 3.63) is 0 Å². The lowest BCUT2D eigenvalue weighted by Crippen LogP contribution is -2.32. The van der Waals surface area contributed by atoms with E-state index in [9.17, 15) is 0 Å². The fourth-order valence-electron chi connectivity index (χ4n) is 2.45. The summed E-state index contributed by atoms with van der Waals surface area (Å²) in [6.45, 7) is 9.75. The van der Waals surface area contributed by atoms with Crippen LogP contribution in [0.15, 0.2) is 0 Å². The summed E-state index contributed by atoms with van der Waals surface area (Å²) in [7, 11) is 0. The summed E-state index contributed by atoms with van der Waals surface area (Å²) < 4.78 is 5.88. The topological polar surface area (TPSA) is 35.2 Å². The molecule has 1 unspecified atom stereocenters. The Morgan fingerprint density at radius 2 is 1.73 bits per heavy atom. The Balaban J connectivity index is 2.30. The monoisotopic (exact) mass is 213 g/mol. The highest BCUT2D eigenvalue weighted by Gasteiger charge is 2.30. The maximum atomic E-state index is 5.88. The van der Waals surface area contributed by atoms with E-state index in [-0.39, 0.29) is 6.10 Å². The molecule has 1 fully saturated rings. The van der Waals surface area contributed by atoms with Crippen LogP contribution < -0.4 is 5.73 Å². The Labute approximate surface area is 94.6 Å². The zero-order chi connectivity index (χ0) is 11.5. The third kappa shape index (κ3) is 4.12.